The van der Waals surface area contributed by atoms with E-state index >= 15 is 0 Å². The summed E-state index contributed by atoms with van der Waals surface area (Å²) < 4.78 is 5.14. The minimum absolute atomic E-state index is 0.0105. The monoisotopic (exact) mass is 384 g/mol. The van der Waals surface area contributed by atoms with Gasteiger partial charge >= 0.3 is 0 Å². The van der Waals surface area contributed by atoms with Crippen LogP contribution in [0, 0.1) is 0 Å². The van der Waals surface area contributed by atoms with Gasteiger partial charge in [0.2, 0.25) is 0 Å². The summed E-state index contributed by atoms with van der Waals surface area (Å²) in [5.41, 5.74) is 2.02. The summed E-state index contributed by atoms with van der Waals surface area (Å²) in [6, 6.07) is 9.26. The molecule has 0 radical (unpaired) electrons. The van der Waals surface area contributed by atoms with Crippen molar-refractivity contribution in [2.45, 2.75) is 25.7 Å². The molecule has 2 amide bonds. The number of benzene rings is 1. The molecule has 0 unspecified atom stereocenters. The van der Waals surface area contributed by atoms with Crippen molar-refractivity contribution in [2.75, 3.05) is 33.3 Å². The SMILES string of the molecule is COc1ccc(C(=O)N2CCN(C(=O)c3cc4c(s3)CCCC4)CC2)cc1. The topological polar surface area (TPSA) is 49.9 Å². The van der Waals surface area contributed by atoms with Crippen LogP contribution >= 0.6 is 11.3 Å². The van der Waals surface area contributed by atoms with E-state index in [-0.39, 0.29) is 11.8 Å². The summed E-state index contributed by atoms with van der Waals surface area (Å²) in [6.45, 7) is 2.32. The second kappa shape index (κ2) is 7.72. The second-order valence-corrected chi connectivity index (χ2v) is 8.22. The molecule has 0 spiro atoms. The first-order chi connectivity index (χ1) is 13.2. The normalized spacial score (nSPS) is 16.8. The summed E-state index contributed by atoms with van der Waals surface area (Å²) in [7, 11) is 1.61. The Morgan fingerprint density at radius 3 is 2.19 bits per heavy atom. The Hall–Kier alpha value is -2.34. The molecule has 142 valence electrons. The molecule has 2 aromatic rings. The van der Waals surface area contributed by atoms with Gasteiger partial charge in [-0.2, -0.15) is 0 Å². The maximum Gasteiger partial charge on any atom is 0.264 e. The zero-order valence-corrected chi connectivity index (χ0v) is 16.4. The van der Waals surface area contributed by atoms with Crippen LogP contribution in [0.2, 0.25) is 0 Å². The lowest BCUT2D eigenvalue weighted by Gasteiger charge is -2.34. The largest absolute Gasteiger partial charge is 0.497 e. The molecule has 0 bridgehead atoms. The Labute approximate surface area is 163 Å². The summed E-state index contributed by atoms with van der Waals surface area (Å²) in [6.07, 6.45) is 4.66. The third-order valence-corrected chi connectivity index (χ3v) is 6.62. The number of rotatable bonds is 3. The number of carbonyl (C=O) groups is 2. The molecule has 1 aromatic heterocycles. The molecule has 0 saturated carbocycles. The molecular weight excluding hydrogens is 360 g/mol. The van der Waals surface area contributed by atoms with Gasteiger partial charge in [0.15, 0.2) is 0 Å². The van der Waals surface area contributed by atoms with Gasteiger partial charge in [-0.3, -0.25) is 9.59 Å². The molecule has 1 aliphatic heterocycles. The molecular formula is C21H24N2O3S. The molecule has 1 aliphatic carbocycles. The van der Waals surface area contributed by atoms with E-state index in [1.54, 1.807) is 42.7 Å². The van der Waals surface area contributed by atoms with Crippen molar-refractivity contribution < 1.29 is 14.3 Å². The van der Waals surface area contributed by atoms with E-state index in [4.69, 9.17) is 4.74 Å². The molecule has 1 fully saturated rings. The Balaban J connectivity index is 1.37. The standard InChI is InChI=1S/C21H24N2O3S/c1-26-17-8-6-15(7-9-17)20(24)22-10-12-23(13-11-22)21(25)19-14-16-4-2-3-5-18(16)27-19/h6-9,14H,2-5,10-13H2,1H3. The van der Waals surface area contributed by atoms with Crippen LogP contribution in [0.4, 0.5) is 0 Å². The minimum Gasteiger partial charge on any atom is -0.497 e. The van der Waals surface area contributed by atoms with E-state index in [1.807, 2.05) is 9.80 Å². The van der Waals surface area contributed by atoms with Crippen molar-refractivity contribution >= 4 is 23.2 Å². The van der Waals surface area contributed by atoms with E-state index in [0.29, 0.717) is 31.7 Å². The third kappa shape index (κ3) is 3.72. The fraction of sp³-hybridized carbons (Fsp3) is 0.429. The predicted octanol–water partition coefficient (Wildman–Crippen LogP) is 3.23. The smallest absolute Gasteiger partial charge is 0.264 e. The number of ether oxygens (including phenoxy) is 1. The van der Waals surface area contributed by atoms with Gasteiger partial charge in [-0.05, 0) is 61.6 Å². The zero-order valence-electron chi connectivity index (χ0n) is 15.6. The Morgan fingerprint density at radius 1 is 0.926 bits per heavy atom. The fourth-order valence-electron chi connectivity index (χ4n) is 3.78. The van der Waals surface area contributed by atoms with Gasteiger partial charge in [0.25, 0.3) is 11.8 Å². The van der Waals surface area contributed by atoms with Crippen molar-refractivity contribution in [3.63, 3.8) is 0 Å². The van der Waals surface area contributed by atoms with Gasteiger partial charge in [0, 0.05) is 36.6 Å². The molecule has 1 saturated heterocycles. The van der Waals surface area contributed by atoms with Crippen LogP contribution in [-0.2, 0) is 12.8 Å². The molecule has 0 N–H and O–H groups in total. The summed E-state index contributed by atoms with van der Waals surface area (Å²) >= 11 is 1.66. The van der Waals surface area contributed by atoms with Crippen LogP contribution in [0.1, 0.15) is 43.3 Å². The predicted molar refractivity (Wildman–Crippen MR) is 106 cm³/mol. The molecule has 5 nitrogen and oxygen atoms in total. The van der Waals surface area contributed by atoms with Crippen molar-refractivity contribution in [1.82, 2.24) is 9.80 Å². The minimum atomic E-state index is 0.0105. The van der Waals surface area contributed by atoms with Gasteiger partial charge in [0.1, 0.15) is 5.75 Å². The Morgan fingerprint density at radius 2 is 1.56 bits per heavy atom. The van der Waals surface area contributed by atoms with Crippen LogP contribution in [0.3, 0.4) is 0 Å². The van der Waals surface area contributed by atoms with Crippen LogP contribution in [0.25, 0.3) is 0 Å². The van der Waals surface area contributed by atoms with Gasteiger partial charge < -0.3 is 14.5 Å². The van der Waals surface area contributed by atoms with Gasteiger partial charge in [-0.1, -0.05) is 0 Å². The van der Waals surface area contributed by atoms with E-state index in [1.165, 1.54) is 23.3 Å². The maximum atomic E-state index is 12.9. The first-order valence-corrected chi connectivity index (χ1v) is 10.3. The van der Waals surface area contributed by atoms with Crippen molar-refractivity contribution in [1.29, 1.82) is 0 Å². The highest BCUT2D eigenvalue weighted by Crippen LogP contribution is 2.30. The van der Waals surface area contributed by atoms with Crippen LogP contribution in [0.5, 0.6) is 5.75 Å². The van der Waals surface area contributed by atoms with E-state index in [9.17, 15) is 9.59 Å². The number of fused-ring (bicyclic) bond motifs is 1. The number of aryl methyl sites for hydroxylation is 2. The lowest BCUT2D eigenvalue weighted by molar-refractivity contribution is 0.0538. The number of nitrogens with zero attached hydrogens (tertiary/aromatic N) is 2. The number of amides is 2. The number of methoxy groups -OCH3 is 1. The number of thiophene rings is 1. The molecule has 6 heteroatoms. The highest BCUT2D eigenvalue weighted by molar-refractivity contribution is 7.14. The van der Waals surface area contributed by atoms with Crippen molar-refractivity contribution in [3.8, 4) is 5.75 Å². The first-order valence-electron chi connectivity index (χ1n) is 9.50. The lowest BCUT2D eigenvalue weighted by atomic mass is 9.99. The van der Waals surface area contributed by atoms with E-state index in [0.717, 1.165) is 23.5 Å². The van der Waals surface area contributed by atoms with Crippen LogP contribution in [-0.4, -0.2) is 54.9 Å². The van der Waals surface area contributed by atoms with Gasteiger partial charge in [-0.25, -0.2) is 0 Å². The summed E-state index contributed by atoms with van der Waals surface area (Å²) in [4.78, 5) is 31.5. The molecule has 2 heterocycles. The molecule has 0 atom stereocenters. The Kier molecular flexibility index (Phi) is 5.16. The summed E-state index contributed by atoms with van der Waals surface area (Å²) in [5.74, 6) is 0.864. The van der Waals surface area contributed by atoms with E-state index < -0.39 is 0 Å². The second-order valence-electron chi connectivity index (χ2n) is 7.08. The van der Waals surface area contributed by atoms with Crippen molar-refractivity contribution in [3.05, 3.63) is 51.2 Å². The Bertz CT molecular complexity index is 812. The molecule has 1 aromatic carbocycles. The number of piperazine rings is 1. The third-order valence-electron chi connectivity index (χ3n) is 5.40. The number of hydrogen-bond donors (Lipinski definition) is 0. The van der Waals surface area contributed by atoms with E-state index in [2.05, 4.69) is 6.07 Å². The quantitative estimate of drug-likeness (QED) is 0.816. The first kappa shape index (κ1) is 18.0. The number of carbonyl (C=O) groups excluding carboxylic acids is 2. The van der Waals surface area contributed by atoms with Crippen LogP contribution in [0.15, 0.2) is 30.3 Å². The highest BCUT2D eigenvalue weighted by atomic mass is 32.1. The summed E-state index contributed by atoms with van der Waals surface area (Å²) in [5, 5.41) is 0. The fourth-order valence-corrected chi connectivity index (χ4v) is 5.00. The molecule has 2 aliphatic rings. The zero-order chi connectivity index (χ0) is 18.8. The maximum absolute atomic E-state index is 12.9. The molecule has 27 heavy (non-hydrogen) atoms. The van der Waals surface area contributed by atoms with Gasteiger partial charge in [0.05, 0.1) is 12.0 Å². The highest BCUT2D eigenvalue weighted by Gasteiger charge is 2.27. The van der Waals surface area contributed by atoms with Crippen LogP contribution < -0.4 is 4.74 Å². The molecule has 4 rings (SSSR count). The average molecular weight is 385 g/mol. The van der Waals surface area contributed by atoms with Gasteiger partial charge in [-0.15, -0.1) is 11.3 Å². The number of hydrogen-bond acceptors (Lipinski definition) is 4. The lowest BCUT2D eigenvalue weighted by Crippen LogP contribution is -2.50. The van der Waals surface area contributed by atoms with Crippen molar-refractivity contribution in [2.24, 2.45) is 0 Å². The average Bonchev–Trinajstić information content (AvgIpc) is 3.17.